The zero-order valence-electron chi connectivity index (χ0n) is 12.3. The Bertz CT molecular complexity index is 491. The van der Waals surface area contributed by atoms with Crippen LogP contribution in [-0.2, 0) is 14.9 Å². The van der Waals surface area contributed by atoms with Gasteiger partial charge in [-0.15, -0.1) is 0 Å². The highest BCUT2D eigenvalue weighted by Crippen LogP contribution is 2.25. The number of ether oxygens (including phenoxy) is 1. The summed E-state index contributed by atoms with van der Waals surface area (Å²) in [6.45, 7) is 5.87. The first-order valence-corrected chi connectivity index (χ1v) is 6.41. The van der Waals surface area contributed by atoms with Crippen molar-refractivity contribution in [2.75, 3.05) is 13.7 Å². The Hall–Kier alpha value is -1.88. The van der Waals surface area contributed by atoms with Gasteiger partial charge in [0, 0.05) is 5.56 Å². The van der Waals surface area contributed by atoms with Crippen LogP contribution in [0.15, 0.2) is 24.3 Å². The summed E-state index contributed by atoms with van der Waals surface area (Å²) in [6.07, 6.45) is -1.36. The van der Waals surface area contributed by atoms with E-state index >= 15 is 0 Å². The predicted molar refractivity (Wildman–Crippen MR) is 75.5 cm³/mol. The smallest absolute Gasteiger partial charge is 0.336 e. The van der Waals surface area contributed by atoms with Crippen LogP contribution < -0.4 is 5.32 Å². The van der Waals surface area contributed by atoms with E-state index in [2.05, 4.69) is 10.1 Å². The first-order valence-electron chi connectivity index (χ1n) is 6.41. The fourth-order valence-corrected chi connectivity index (χ4v) is 1.84. The van der Waals surface area contributed by atoms with Crippen molar-refractivity contribution in [3.05, 3.63) is 35.4 Å². The van der Waals surface area contributed by atoms with Gasteiger partial charge >= 0.3 is 5.97 Å². The number of nitrogens with one attached hydrogen (secondary N) is 1. The Morgan fingerprint density at radius 3 is 2.45 bits per heavy atom. The van der Waals surface area contributed by atoms with Crippen molar-refractivity contribution in [2.24, 2.45) is 0 Å². The quantitative estimate of drug-likeness (QED) is 0.813. The Morgan fingerprint density at radius 2 is 1.90 bits per heavy atom. The number of benzene rings is 1. The van der Waals surface area contributed by atoms with Gasteiger partial charge in [-0.05, 0) is 17.0 Å². The van der Waals surface area contributed by atoms with Gasteiger partial charge in [-0.3, -0.25) is 4.79 Å². The van der Waals surface area contributed by atoms with Gasteiger partial charge in [-0.2, -0.15) is 0 Å². The second-order valence-corrected chi connectivity index (χ2v) is 5.54. The number of rotatable bonds is 4. The van der Waals surface area contributed by atoms with Crippen LogP contribution in [0.25, 0.3) is 0 Å². The number of methoxy groups -OCH3 is 1. The van der Waals surface area contributed by atoms with Gasteiger partial charge in [0.05, 0.1) is 13.7 Å². The normalized spacial score (nSPS) is 12.7. The van der Waals surface area contributed by atoms with Gasteiger partial charge in [-0.25, -0.2) is 4.79 Å². The van der Waals surface area contributed by atoms with Crippen molar-refractivity contribution in [1.82, 2.24) is 5.32 Å². The van der Waals surface area contributed by atoms with Crippen LogP contribution >= 0.6 is 0 Å². The van der Waals surface area contributed by atoms with Gasteiger partial charge in [0.1, 0.15) is 0 Å². The molecular weight excluding hydrogens is 258 g/mol. The molecule has 0 bridgehead atoms. The lowest BCUT2D eigenvalue weighted by atomic mass is 9.83. The van der Waals surface area contributed by atoms with Crippen molar-refractivity contribution in [3.63, 3.8) is 0 Å². The molecule has 2 N–H and O–H groups in total. The third-order valence-electron chi connectivity index (χ3n) is 2.91. The number of amides is 1. The van der Waals surface area contributed by atoms with E-state index in [9.17, 15) is 14.7 Å². The minimum absolute atomic E-state index is 0.172. The number of hydrogen-bond acceptors (Lipinski definition) is 4. The van der Waals surface area contributed by atoms with Gasteiger partial charge in [0.2, 0.25) is 0 Å². The molecule has 1 aromatic carbocycles. The molecule has 1 aromatic rings. The molecular formula is C15H21NO4. The second kappa shape index (κ2) is 6.52. The average Bonchev–Trinajstić information content (AvgIpc) is 2.42. The zero-order chi connectivity index (χ0) is 15.3. The molecule has 5 nitrogen and oxygen atoms in total. The van der Waals surface area contributed by atoms with Gasteiger partial charge < -0.3 is 15.2 Å². The van der Waals surface area contributed by atoms with Crippen molar-refractivity contribution in [3.8, 4) is 0 Å². The molecule has 0 aromatic heterocycles. The Labute approximate surface area is 118 Å². The standard InChI is InChI=1S/C15H21NO4/c1-15(2,3)11-8-6-5-7-10(11)13(18)16-9-12(17)14(19)20-4/h5-8,12,17H,9H2,1-4H3,(H,16,18). The average molecular weight is 279 g/mol. The predicted octanol–water partition coefficient (Wildman–Crippen LogP) is 1.25. The van der Waals surface area contributed by atoms with E-state index in [0.717, 1.165) is 5.56 Å². The molecule has 0 radical (unpaired) electrons. The fraction of sp³-hybridized carbons (Fsp3) is 0.467. The molecule has 110 valence electrons. The molecule has 1 unspecified atom stereocenters. The van der Waals surface area contributed by atoms with E-state index < -0.39 is 12.1 Å². The van der Waals surface area contributed by atoms with Crippen molar-refractivity contribution < 1.29 is 19.4 Å². The van der Waals surface area contributed by atoms with Crippen molar-refractivity contribution >= 4 is 11.9 Å². The SMILES string of the molecule is COC(=O)C(O)CNC(=O)c1ccccc1C(C)(C)C. The van der Waals surface area contributed by atoms with Crippen LogP contribution in [0.5, 0.6) is 0 Å². The summed E-state index contributed by atoms with van der Waals surface area (Å²) >= 11 is 0. The van der Waals surface area contributed by atoms with E-state index in [0.29, 0.717) is 5.56 Å². The molecule has 1 amide bonds. The first kappa shape index (κ1) is 16.2. The summed E-state index contributed by atoms with van der Waals surface area (Å²) in [6, 6.07) is 7.27. The summed E-state index contributed by atoms with van der Waals surface area (Å²) in [5.41, 5.74) is 1.27. The van der Waals surface area contributed by atoms with Crippen molar-refractivity contribution in [1.29, 1.82) is 0 Å². The topological polar surface area (TPSA) is 75.6 Å². The van der Waals surface area contributed by atoms with E-state index in [1.807, 2.05) is 32.9 Å². The summed E-state index contributed by atoms with van der Waals surface area (Å²) < 4.78 is 4.39. The molecule has 0 fully saturated rings. The van der Waals surface area contributed by atoms with Gasteiger partial charge in [0.25, 0.3) is 5.91 Å². The van der Waals surface area contributed by atoms with Crippen LogP contribution in [0, 0.1) is 0 Å². The highest BCUT2D eigenvalue weighted by molar-refractivity contribution is 5.96. The summed E-state index contributed by atoms with van der Waals surface area (Å²) in [7, 11) is 1.18. The maximum Gasteiger partial charge on any atom is 0.336 e. The third-order valence-corrected chi connectivity index (χ3v) is 2.91. The summed E-state index contributed by atoms with van der Waals surface area (Å²) in [5.74, 6) is -1.09. The number of carbonyl (C=O) groups is 2. The minimum Gasteiger partial charge on any atom is -0.467 e. The largest absolute Gasteiger partial charge is 0.467 e. The van der Waals surface area contributed by atoms with Gasteiger partial charge in [0.15, 0.2) is 6.10 Å². The molecule has 0 aliphatic rings. The Morgan fingerprint density at radius 1 is 1.30 bits per heavy atom. The fourth-order valence-electron chi connectivity index (χ4n) is 1.84. The lowest BCUT2D eigenvalue weighted by Gasteiger charge is -2.22. The first-order chi connectivity index (χ1) is 9.27. The minimum atomic E-state index is -1.36. The molecule has 0 aliphatic heterocycles. The molecule has 0 aliphatic carbocycles. The van der Waals surface area contributed by atoms with E-state index in [1.165, 1.54) is 7.11 Å². The second-order valence-electron chi connectivity index (χ2n) is 5.54. The van der Waals surface area contributed by atoms with E-state index in [-0.39, 0.29) is 17.9 Å². The number of aliphatic hydroxyl groups is 1. The summed E-state index contributed by atoms with van der Waals surface area (Å²) in [5, 5.41) is 12.0. The lowest BCUT2D eigenvalue weighted by Crippen LogP contribution is -2.38. The molecule has 1 atom stereocenters. The third kappa shape index (κ3) is 4.06. The van der Waals surface area contributed by atoms with Crippen LogP contribution in [0.3, 0.4) is 0 Å². The summed E-state index contributed by atoms with van der Waals surface area (Å²) in [4.78, 5) is 23.2. The Balaban J connectivity index is 2.81. The maximum atomic E-state index is 12.2. The number of aliphatic hydroxyl groups excluding tert-OH is 1. The number of hydrogen-bond donors (Lipinski definition) is 2. The monoisotopic (exact) mass is 279 g/mol. The molecule has 0 heterocycles. The molecule has 0 saturated heterocycles. The lowest BCUT2D eigenvalue weighted by molar-refractivity contribution is -0.149. The van der Waals surface area contributed by atoms with Crippen LogP contribution in [0.4, 0.5) is 0 Å². The molecule has 5 heteroatoms. The maximum absolute atomic E-state index is 12.2. The molecule has 0 spiro atoms. The Kier molecular flexibility index (Phi) is 5.27. The number of esters is 1. The van der Waals surface area contributed by atoms with Crippen molar-refractivity contribution in [2.45, 2.75) is 32.3 Å². The molecule has 0 saturated carbocycles. The zero-order valence-corrected chi connectivity index (χ0v) is 12.3. The highest BCUT2D eigenvalue weighted by atomic mass is 16.5. The van der Waals surface area contributed by atoms with Crippen LogP contribution in [0.2, 0.25) is 0 Å². The highest BCUT2D eigenvalue weighted by Gasteiger charge is 2.22. The van der Waals surface area contributed by atoms with Crippen LogP contribution in [0.1, 0.15) is 36.7 Å². The molecule has 20 heavy (non-hydrogen) atoms. The number of carbonyl (C=O) groups excluding carboxylic acids is 2. The molecule has 1 rings (SSSR count). The van der Waals surface area contributed by atoms with Crippen LogP contribution in [-0.4, -0.2) is 36.7 Å². The van der Waals surface area contributed by atoms with E-state index in [1.54, 1.807) is 12.1 Å². The van der Waals surface area contributed by atoms with E-state index in [4.69, 9.17) is 0 Å². The van der Waals surface area contributed by atoms with Gasteiger partial charge in [-0.1, -0.05) is 39.0 Å².